The summed E-state index contributed by atoms with van der Waals surface area (Å²) in [4.78, 5) is 0. The van der Waals surface area contributed by atoms with Crippen LogP contribution < -0.4 is 4.74 Å². The van der Waals surface area contributed by atoms with Crippen molar-refractivity contribution in [3.63, 3.8) is 0 Å². The van der Waals surface area contributed by atoms with E-state index in [-0.39, 0.29) is 20.3 Å². The van der Waals surface area contributed by atoms with Crippen molar-refractivity contribution in [1.29, 1.82) is 0 Å². The average molecular weight is 395 g/mol. The molecule has 0 atom stereocenters. The molecule has 25 heavy (non-hydrogen) atoms. The zero-order valence-corrected chi connectivity index (χ0v) is 15.5. The van der Waals surface area contributed by atoms with Crippen LogP contribution in [0.25, 0.3) is 19.6 Å². The van der Waals surface area contributed by atoms with Gasteiger partial charge in [-0.2, -0.15) is 0 Å². The Morgan fingerprint density at radius 3 is 2.40 bits per heavy atom. The predicted molar refractivity (Wildman–Crippen MR) is 102 cm³/mol. The van der Waals surface area contributed by atoms with Crippen LogP contribution in [0.2, 0.25) is 0 Å². The van der Waals surface area contributed by atoms with Crippen molar-refractivity contribution >= 4 is 24.1 Å². The Bertz CT molecular complexity index is 1000. The number of halogens is 1. The quantitative estimate of drug-likeness (QED) is 0.426. The number of rotatable bonds is 4. The van der Waals surface area contributed by atoms with Gasteiger partial charge in [0.25, 0.3) is 0 Å². The number of benzene rings is 3. The van der Waals surface area contributed by atoms with Gasteiger partial charge < -0.3 is 0 Å². The first-order valence-corrected chi connectivity index (χ1v) is 9.85. The van der Waals surface area contributed by atoms with Crippen molar-refractivity contribution in [3.05, 3.63) is 89.7 Å². The summed E-state index contributed by atoms with van der Waals surface area (Å²) in [6.07, 6.45) is 0.798. The second-order valence-corrected chi connectivity index (χ2v) is 8.15. The Hall–Kier alpha value is -2.35. The van der Waals surface area contributed by atoms with Crippen LogP contribution >= 0.6 is 0 Å². The maximum absolute atomic E-state index is 13.9. The van der Waals surface area contributed by atoms with Gasteiger partial charge in [-0.3, -0.25) is 0 Å². The van der Waals surface area contributed by atoms with Gasteiger partial charge in [0.2, 0.25) is 0 Å². The Labute approximate surface area is 152 Å². The molecule has 0 aliphatic carbocycles. The molecule has 0 unspecified atom stereocenters. The van der Waals surface area contributed by atoms with Crippen molar-refractivity contribution in [3.8, 4) is 15.8 Å². The van der Waals surface area contributed by atoms with Crippen LogP contribution in [0.3, 0.4) is 0 Å². The molecular weight excluding hydrogens is 378 g/mol. The third-order valence-corrected chi connectivity index (χ3v) is 6.98. The van der Waals surface area contributed by atoms with Crippen molar-refractivity contribution in [2.45, 2.75) is 6.42 Å². The third kappa shape index (κ3) is 3.26. The number of hydrogen-bond acceptors (Lipinski definition) is 1. The van der Waals surface area contributed by atoms with E-state index in [0.29, 0.717) is 0 Å². The molecule has 0 aliphatic heterocycles. The summed E-state index contributed by atoms with van der Waals surface area (Å²) in [6, 6.07) is 23.8. The standard InChI is InChI=1S/C22H17FOSe/c1-24-18-10-7-15(8-11-18)13-20-19-14-17(23)9-12-21(19)25-22(20)16-5-3-2-4-6-16/h2-12,14H,13H2,1H3. The Morgan fingerprint density at radius 2 is 1.68 bits per heavy atom. The first kappa shape index (κ1) is 16.1. The van der Waals surface area contributed by atoms with Gasteiger partial charge >= 0.3 is 152 Å². The summed E-state index contributed by atoms with van der Waals surface area (Å²) < 4.78 is 21.7. The normalized spacial score (nSPS) is 11.0. The van der Waals surface area contributed by atoms with E-state index in [1.54, 1.807) is 19.2 Å². The fraction of sp³-hybridized carbons (Fsp3) is 0.0909. The minimum absolute atomic E-state index is 0.170. The van der Waals surface area contributed by atoms with E-state index in [0.717, 1.165) is 17.6 Å². The van der Waals surface area contributed by atoms with E-state index in [2.05, 4.69) is 36.4 Å². The summed E-state index contributed by atoms with van der Waals surface area (Å²) in [5.41, 5.74) is 3.69. The van der Waals surface area contributed by atoms with Crippen molar-refractivity contribution < 1.29 is 9.13 Å². The molecular formula is C22H17FOSe. The summed E-state index contributed by atoms with van der Waals surface area (Å²) >= 11 is 0.201. The molecule has 0 fully saturated rings. The molecule has 124 valence electrons. The van der Waals surface area contributed by atoms with Crippen molar-refractivity contribution in [2.24, 2.45) is 0 Å². The van der Waals surface area contributed by atoms with E-state index in [9.17, 15) is 4.39 Å². The molecule has 1 aromatic heterocycles. The molecule has 0 N–H and O–H groups in total. The summed E-state index contributed by atoms with van der Waals surface area (Å²) in [5, 5.41) is 1.06. The molecule has 3 heteroatoms. The second-order valence-electron chi connectivity index (χ2n) is 5.94. The molecule has 0 radical (unpaired) electrons. The van der Waals surface area contributed by atoms with Crippen molar-refractivity contribution in [1.82, 2.24) is 0 Å². The SMILES string of the molecule is COc1ccc(Cc2c(-c3ccccc3)[se]c3ccc(F)cc23)cc1. The number of ether oxygens (including phenoxy) is 1. The second kappa shape index (κ2) is 6.87. The number of fused-ring (bicyclic) bond motifs is 1. The summed E-state index contributed by atoms with van der Waals surface area (Å²) in [5.74, 6) is 0.680. The Balaban J connectivity index is 1.85. The molecule has 4 aromatic rings. The summed E-state index contributed by atoms with van der Waals surface area (Å²) in [6.45, 7) is 0. The van der Waals surface area contributed by atoms with Crippen LogP contribution in [0, 0.1) is 5.82 Å². The van der Waals surface area contributed by atoms with Gasteiger partial charge in [-0.05, 0) is 0 Å². The molecule has 1 heterocycles. The molecule has 4 rings (SSSR count). The van der Waals surface area contributed by atoms with Crippen LogP contribution in [-0.4, -0.2) is 21.6 Å². The van der Waals surface area contributed by atoms with Crippen LogP contribution in [0.4, 0.5) is 4.39 Å². The minimum atomic E-state index is -0.170. The average Bonchev–Trinajstić information content (AvgIpc) is 3.01. The predicted octanol–water partition coefficient (Wildman–Crippen LogP) is 5.30. The van der Waals surface area contributed by atoms with E-state index in [4.69, 9.17) is 4.74 Å². The fourth-order valence-corrected chi connectivity index (χ4v) is 5.60. The van der Waals surface area contributed by atoms with Gasteiger partial charge in [-0.15, -0.1) is 0 Å². The van der Waals surface area contributed by atoms with Crippen LogP contribution in [0.15, 0.2) is 72.8 Å². The molecule has 0 bridgehead atoms. The zero-order valence-electron chi connectivity index (χ0n) is 13.8. The molecule has 0 saturated carbocycles. The first-order chi connectivity index (χ1) is 12.2. The van der Waals surface area contributed by atoms with Gasteiger partial charge in [-0.25, -0.2) is 0 Å². The van der Waals surface area contributed by atoms with Crippen molar-refractivity contribution in [2.75, 3.05) is 7.11 Å². The van der Waals surface area contributed by atoms with Crippen LogP contribution in [-0.2, 0) is 6.42 Å². The van der Waals surface area contributed by atoms with Crippen LogP contribution in [0.1, 0.15) is 11.1 Å². The number of hydrogen-bond donors (Lipinski definition) is 0. The zero-order chi connectivity index (χ0) is 17.2. The van der Waals surface area contributed by atoms with E-state index >= 15 is 0 Å². The molecule has 3 aromatic carbocycles. The molecule has 0 saturated heterocycles. The topological polar surface area (TPSA) is 9.23 Å². The Kier molecular flexibility index (Phi) is 4.44. The molecule has 0 amide bonds. The summed E-state index contributed by atoms with van der Waals surface area (Å²) in [7, 11) is 1.67. The maximum atomic E-state index is 13.9. The van der Waals surface area contributed by atoms with Gasteiger partial charge in [0.15, 0.2) is 0 Å². The number of methoxy groups -OCH3 is 1. The molecule has 1 nitrogen and oxygen atoms in total. The molecule has 0 aliphatic rings. The molecule has 0 spiro atoms. The Morgan fingerprint density at radius 1 is 0.920 bits per heavy atom. The van der Waals surface area contributed by atoms with E-state index in [1.807, 2.05) is 24.3 Å². The fourth-order valence-electron chi connectivity index (χ4n) is 3.07. The monoisotopic (exact) mass is 396 g/mol. The third-order valence-electron chi connectivity index (χ3n) is 4.33. The van der Waals surface area contributed by atoms with Gasteiger partial charge in [0.1, 0.15) is 0 Å². The first-order valence-electron chi connectivity index (χ1n) is 8.14. The van der Waals surface area contributed by atoms with Gasteiger partial charge in [0, 0.05) is 0 Å². The van der Waals surface area contributed by atoms with Gasteiger partial charge in [0.05, 0.1) is 0 Å². The van der Waals surface area contributed by atoms with E-state index < -0.39 is 0 Å². The van der Waals surface area contributed by atoms with E-state index in [1.165, 1.54) is 25.4 Å². The van der Waals surface area contributed by atoms with Gasteiger partial charge in [-0.1, -0.05) is 0 Å². The van der Waals surface area contributed by atoms with Crippen LogP contribution in [0.5, 0.6) is 5.75 Å².